The van der Waals surface area contributed by atoms with Gasteiger partial charge in [0.25, 0.3) is 5.91 Å². The molecule has 0 atom stereocenters. The van der Waals surface area contributed by atoms with Gasteiger partial charge in [-0.2, -0.15) is 4.31 Å². The quantitative estimate of drug-likeness (QED) is 0.786. The van der Waals surface area contributed by atoms with E-state index in [0.29, 0.717) is 18.7 Å². The van der Waals surface area contributed by atoms with Crippen LogP contribution in [-0.2, 0) is 10.0 Å². The molecule has 1 N–H and O–H groups in total. The monoisotopic (exact) mass is 414 g/mol. The lowest BCUT2D eigenvalue weighted by atomic mass is 10.0. The van der Waals surface area contributed by atoms with Crippen LogP contribution in [0.3, 0.4) is 0 Å². The number of nitrogens with one attached hydrogen (secondary N) is 1. The van der Waals surface area contributed by atoms with Gasteiger partial charge in [-0.1, -0.05) is 36.6 Å². The van der Waals surface area contributed by atoms with Crippen LogP contribution in [-0.4, -0.2) is 31.7 Å². The number of anilines is 1. The van der Waals surface area contributed by atoms with Crippen molar-refractivity contribution in [1.82, 2.24) is 4.31 Å². The van der Waals surface area contributed by atoms with Gasteiger partial charge in [-0.15, -0.1) is 0 Å². The molecule has 1 aliphatic heterocycles. The first kappa shape index (κ1) is 21.5. The molecule has 1 fully saturated rings. The standard InChI is InChI=1S/C23H30N2O3S/c1-16-13-18(3)22(19(4)14-16)24-23(26)21-15-20(10-9-17(21)2)29(27,28)25-11-7-5-6-8-12-25/h9-10,13-15H,5-8,11-12H2,1-4H3,(H,24,26). The number of nitrogens with zero attached hydrogens (tertiary/aromatic N) is 1. The van der Waals surface area contributed by atoms with Crippen molar-refractivity contribution in [2.24, 2.45) is 0 Å². The molecule has 29 heavy (non-hydrogen) atoms. The minimum absolute atomic E-state index is 0.188. The molecule has 0 aromatic heterocycles. The van der Waals surface area contributed by atoms with E-state index in [1.54, 1.807) is 16.4 Å². The summed E-state index contributed by atoms with van der Waals surface area (Å²) < 4.78 is 27.8. The van der Waals surface area contributed by atoms with Gasteiger partial charge in [0.1, 0.15) is 0 Å². The molecular formula is C23H30N2O3S. The number of hydrogen-bond donors (Lipinski definition) is 1. The second-order valence-electron chi connectivity index (χ2n) is 8.02. The highest BCUT2D eigenvalue weighted by Crippen LogP contribution is 2.25. The zero-order valence-electron chi connectivity index (χ0n) is 17.7. The summed E-state index contributed by atoms with van der Waals surface area (Å²) in [6.45, 7) is 8.85. The molecule has 6 heteroatoms. The van der Waals surface area contributed by atoms with E-state index in [-0.39, 0.29) is 10.8 Å². The Labute approximate surface area is 174 Å². The van der Waals surface area contributed by atoms with Gasteiger partial charge >= 0.3 is 0 Å². The van der Waals surface area contributed by atoms with Gasteiger partial charge in [-0.25, -0.2) is 8.42 Å². The average Bonchev–Trinajstić information content (AvgIpc) is 2.94. The molecule has 5 nitrogen and oxygen atoms in total. The van der Waals surface area contributed by atoms with Gasteiger partial charge in [0.05, 0.1) is 4.90 Å². The van der Waals surface area contributed by atoms with E-state index in [1.807, 2.05) is 39.8 Å². The van der Waals surface area contributed by atoms with E-state index in [1.165, 1.54) is 6.07 Å². The van der Waals surface area contributed by atoms with Crippen LogP contribution in [0.25, 0.3) is 0 Å². The molecule has 1 saturated heterocycles. The lowest BCUT2D eigenvalue weighted by molar-refractivity contribution is 0.102. The van der Waals surface area contributed by atoms with E-state index in [9.17, 15) is 13.2 Å². The number of amides is 1. The molecular weight excluding hydrogens is 384 g/mol. The Morgan fingerprint density at radius 3 is 2.03 bits per heavy atom. The third kappa shape index (κ3) is 4.70. The van der Waals surface area contributed by atoms with Crippen molar-refractivity contribution in [2.75, 3.05) is 18.4 Å². The summed E-state index contributed by atoms with van der Waals surface area (Å²) in [4.78, 5) is 13.2. The zero-order chi connectivity index (χ0) is 21.2. The predicted molar refractivity (Wildman–Crippen MR) is 117 cm³/mol. The molecule has 0 spiro atoms. The third-order valence-electron chi connectivity index (χ3n) is 5.57. The molecule has 0 bridgehead atoms. The van der Waals surface area contributed by atoms with Gasteiger partial charge in [-0.3, -0.25) is 4.79 Å². The number of carbonyl (C=O) groups excluding carboxylic acids is 1. The number of hydrogen-bond acceptors (Lipinski definition) is 3. The maximum atomic E-state index is 13.1. The summed E-state index contributed by atoms with van der Waals surface area (Å²) >= 11 is 0. The highest BCUT2D eigenvalue weighted by Gasteiger charge is 2.26. The zero-order valence-corrected chi connectivity index (χ0v) is 18.5. The van der Waals surface area contributed by atoms with Gasteiger partial charge < -0.3 is 5.32 Å². The third-order valence-corrected chi connectivity index (χ3v) is 7.47. The number of sulfonamides is 1. The fourth-order valence-electron chi connectivity index (χ4n) is 4.00. The fourth-order valence-corrected chi connectivity index (χ4v) is 5.54. The Balaban J connectivity index is 1.92. The van der Waals surface area contributed by atoms with Crippen LogP contribution >= 0.6 is 0 Å². The lowest BCUT2D eigenvalue weighted by Crippen LogP contribution is -2.32. The van der Waals surface area contributed by atoms with Gasteiger partial charge in [0.2, 0.25) is 10.0 Å². The number of benzene rings is 2. The number of rotatable bonds is 4. The number of aryl methyl sites for hydroxylation is 4. The van der Waals surface area contributed by atoms with E-state index in [4.69, 9.17) is 0 Å². The van der Waals surface area contributed by atoms with Crippen LogP contribution in [0.1, 0.15) is 58.3 Å². The van der Waals surface area contributed by atoms with Crippen LogP contribution in [0.2, 0.25) is 0 Å². The first-order chi connectivity index (χ1) is 13.7. The SMILES string of the molecule is Cc1cc(C)c(NC(=O)c2cc(S(=O)(=O)N3CCCCCC3)ccc2C)c(C)c1. The molecule has 1 amide bonds. The summed E-state index contributed by atoms with van der Waals surface area (Å²) in [6, 6.07) is 8.89. The smallest absolute Gasteiger partial charge is 0.255 e. The Morgan fingerprint density at radius 1 is 0.862 bits per heavy atom. The van der Waals surface area contributed by atoms with Crippen LogP contribution in [0.4, 0.5) is 5.69 Å². The summed E-state index contributed by atoms with van der Waals surface area (Å²) in [7, 11) is -3.60. The van der Waals surface area contributed by atoms with Crippen molar-refractivity contribution < 1.29 is 13.2 Å². The van der Waals surface area contributed by atoms with Crippen molar-refractivity contribution in [3.63, 3.8) is 0 Å². The summed E-state index contributed by atoms with van der Waals surface area (Å²) in [6.07, 6.45) is 3.88. The van der Waals surface area contributed by atoms with Gasteiger partial charge in [-0.05, 0) is 69.4 Å². The predicted octanol–water partition coefficient (Wildman–Crippen LogP) is 4.74. The van der Waals surface area contributed by atoms with E-state index in [2.05, 4.69) is 5.32 Å². The molecule has 0 saturated carbocycles. The Bertz CT molecular complexity index is 997. The molecule has 0 aliphatic carbocycles. The first-order valence-electron chi connectivity index (χ1n) is 10.2. The van der Waals surface area contributed by atoms with Crippen molar-refractivity contribution >= 4 is 21.6 Å². The molecule has 2 aromatic rings. The topological polar surface area (TPSA) is 66.5 Å². The second-order valence-corrected chi connectivity index (χ2v) is 9.96. The highest BCUT2D eigenvalue weighted by atomic mass is 32.2. The molecule has 0 radical (unpaired) electrons. The van der Waals surface area contributed by atoms with Crippen molar-refractivity contribution in [3.05, 3.63) is 58.1 Å². The molecule has 3 rings (SSSR count). The first-order valence-corrected chi connectivity index (χ1v) is 11.6. The Morgan fingerprint density at radius 2 is 1.45 bits per heavy atom. The molecule has 1 heterocycles. The van der Waals surface area contributed by atoms with Crippen LogP contribution < -0.4 is 5.32 Å². The summed E-state index contributed by atoms with van der Waals surface area (Å²) in [5.74, 6) is -0.287. The van der Waals surface area contributed by atoms with Crippen molar-refractivity contribution in [3.8, 4) is 0 Å². The highest BCUT2D eigenvalue weighted by molar-refractivity contribution is 7.89. The maximum absolute atomic E-state index is 13.1. The Kier molecular flexibility index (Phi) is 6.44. The molecule has 0 unspecified atom stereocenters. The van der Waals surface area contributed by atoms with E-state index >= 15 is 0 Å². The second kappa shape index (κ2) is 8.67. The van der Waals surface area contributed by atoms with E-state index < -0.39 is 10.0 Å². The van der Waals surface area contributed by atoms with Crippen LogP contribution in [0, 0.1) is 27.7 Å². The largest absolute Gasteiger partial charge is 0.321 e. The van der Waals surface area contributed by atoms with Crippen LogP contribution in [0.15, 0.2) is 35.2 Å². The summed E-state index contributed by atoms with van der Waals surface area (Å²) in [5, 5.41) is 2.98. The van der Waals surface area contributed by atoms with Gasteiger partial charge in [0.15, 0.2) is 0 Å². The van der Waals surface area contributed by atoms with Crippen LogP contribution in [0.5, 0.6) is 0 Å². The lowest BCUT2D eigenvalue weighted by Gasteiger charge is -2.21. The normalized spacial score (nSPS) is 15.7. The van der Waals surface area contributed by atoms with Crippen molar-refractivity contribution in [2.45, 2.75) is 58.3 Å². The summed E-state index contributed by atoms with van der Waals surface area (Å²) in [5.41, 5.74) is 5.03. The van der Waals surface area contributed by atoms with E-state index in [0.717, 1.165) is 53.6 Å². The Hall–Kier alpha value is -2.18. The number of carbonyl (C=O) groups is 1. The molecule has 156 valence electrons. The molecule has 2 aromatic carbocycles. The maximum Gasteiger partial charge on any atom is 0.255 e. The minimum atomic E-state index is -3.60. The van der Waals surface area contributed by atoms with Gasteiger partial charge in [0, 0.05) is 24.3 Å². The minimum Gasteiger partial charge on any atom is -0.321 e. The van der Waals surface area contributed by atoms with Crippen molar-refractivity contribution in [1.29, 1.82) is 0 Å². The fraction of sp³-hybridized carbons (Fsp3) is 0.435. The average molecular weight is 415 g/mol. The molecule has 1 aliphatic rings.